The predicted molar refractivity (Wildman–Crippen MR) is 89.2 cm³/mol. The van der Waals surface area contributed by atoms with Gasteiger partial charge in [0.05, 0.1) is 0 Å². The number of ether oxygens (including phenoxy) is 1. The van der Waals surface area contributed by atoms with E-state index in [9.17, 15) is 9.18 Å². The maximum absolute atomic E-state index is 13.3. The molecule has 0 radical (unpaired) electrons. The highest BCUT2D eigenvalue weighted by Gasteiger charge is 2.03. The van der Waals surface area contributed by atoms with E-state index in [1.807, 2.05) is 37.3 Å². The molecule has 23 heavy (non-hydrogen) atoms. The molecule has 0 heterocycles. The van der Waals surface area contributed by atoms with Crippen LogP contribution in [-0.4, -0.2) is 12.6 Å². The van der Waals surface area contributed by atoms with Crippen molar-refractivity contribution in [2.75, 3.05) is 12.3 Å². The van der Waals surface area contributed by atoms with Crippen LogP contribution in [-0.2, 0) is 11.3 Å². The number of nitrogen functional groups attached to an aromatic ring is 1. The predicted octanol–water partition coefficient (Wildman–Crippen LogP) is 3.66. The molecular formula is C18H19FN2O2. The number of benzene rings is 2. The summed E-state index contributed by atoms with van der Waals surface area (Å²) < 4.78 is 18.4. The van der Waals surface area contributed by atoms with Crippen LogP contribution in [0.2, 0.25) is 0 Å². The second-order valence-corrected chi connectivity index (χ2v) is 5.05. The van der Waals surface area contributed by atoms with Crippen molar-refractivity contribution in [3.63, 3.8) is 0 Å². The van der Waals surface area contributed by atoms with E-state index in [-0.39, 0.29) is 19.0 Å². The largest absolute Gasteiger partial charge is 0.445 e. The second kappa shape index (κ2) is 7.98. The zero-order valence-corrected chi connectivity index (χ0v) is 12.9. The van der Waals surface area contributed by atoms with Crippen molar-refractivity contribution in [1.82, 2.24) is 5.32 Å². The van der Waals surface area contributed by atoms with Crippen LogP contribution in [0.5, 0.6) is 0 Å². The van der Waals surface area contributed by atoms with Crippen LogP contribution in [0.1, 0.15) is 16.7 Å². The Bertz CT molecular complexity index is 700. The summed E-state index contributed by atoms with van der Waals surface area (Å²) in [5.41, 5.74) is 8.51. The van der Waals surface area contributed by atoms with Crippen LogP contribution in [0.15, 0.2) is 48.5 Å². The van der Waals surface area contributed by atoms with Crippen molar-refractivity contribution in [1.29, 1.82) is 0 Å². The van der Waals surface area contributed by atoms with Gasteiger partial charge in [0.2, 0.25) is 0 Å². The number of rotatable bonds is 5. The number of alkyl carbamates (subject to hydrolysis) is 1. The molecule has 0 unspecified atom stereocenters. The van der Waals surface area contributed by atoms with Crippen molar-refractivity contribution in [3.8, 4) is 0 Å². The number of nitrogens with one attached hydrogen (secondary N) is 1. The minimum atomic E-state index is -0.506. The zero-order valence-electron chi connectivity index (χ0n) is 12.9. The van der Waals surface area contributed by atoms with E-state index in [4.69, 9.17) is 10.5 Å². The number of anilines is 1. The summed E-state index contributed by atoms with van der Waals surface area (Å²) in [7, 11) is 0. The van der Waals surface area contributed by atoms with Crippen molar-refractivity contribution in [3.05, 3.63) is 71.0 Å². The van der Waals surface area contributed by atoms with Crippen LogP contribution < -0.4 is 11.1 Å². The molecule has 2 aromatic carbocycles. The Morgan fingerprint density at radius 2 is 2.04 bits per heavy atom. The van der Waals surface area contributed by atoms with Crippen LogP contribution >= 0.6 is 0 Å². The topological polar surface area (TPSA) is 64.3 Å². The maximum Gasteiger partial charge on any atom is 0.407 e. The van der Waals surface area contributed by atoms with Gasteiger partial charge in [-0.25, -0.2) is 9.18 Å². The van der Waals surface area contributed by atoms with E-state index in [2.05, 4.69) is 5.32 Å². The molecule has 1 amide bonds. The van der Waals surface area contributed by atoms with Gasteiger partial charge in [0.25, 0.3) is 0 Å². The summed E-state index contributed by atoms with van der Waals surface area (Å²) in [6, 6.07) is 12.1. The van der Waals surface area contributed by atoms with Gasteiger partial charge in [0.1, 0.15) is 12.4 Å². The summed E-state index contributed by atoms with van der Waals surface area (Å²) in [5, 5.41) is 2.60. The number of carbonyl (C=O) groups excluding carboxylic acids is 1. The number of nitrogens with two attached hydrogens (primary N) is 1. The highest BCUT2D eigenvalue weighted by Crippen LogP contribution is 2.19. The minimum absolute atomic E-state index is 0.218. The summed E-state index contributed by atoms with van der Waals surface area (Å²) in [4.78, 5) is 11.6. The summed E-state index contributed by atoms with van der Waals surface area (Å²) in [6.45, 7) is 2.31. The third kappa shape index (κ3) is 5.14. The fourth-order valence-electron chi connectivity index (χ4n) is 2.00. The third-order valence-corrected chi connectivity index (χ3v) is 3.33. The number of hydrogen-bond acceptors (Lipinski definition) is 3. The smallest absolute Gasteiger partial charge is 0.407 e. The van der Waals surface area contributed by atoms with Gasteiger partial charge in [-0.15, -0.1) is 0 Å². The fourth-order valence-corrected chi connectivity index (χ4v) is 2.00. The Hall–Kier alpha value is -2.82. The lowest BCUT2D eigenvalue weighted by Gasteiger charge is -2.06. The maximum atomic E-state index is 13.3. The van der Waals surface area contributed by atoms with E-state index < -0.39 is 6.09 Å². The van der Waals surface area contributed by atoms with Gasteiger partial charge in [-0.1, -0.05) is 42.5 Å². The second-order valence-electron chi connectivity index (χ2n) is 5.05. The van der Waals surface area contributed by atoms with E-state index in [1.54, 1.807) is 12.2 Å². The molecule has 0 saturated heterocycles. The number of amides is 1. The zero-order chi connectivity index (χ0) is 16.7. The molecule has 2 rings (SSSR count). The molecule has 5 heteroatoms. The lowest BCUT2D eigenvalue weighted by Crippen LogP contribution is -2.24. The summed E-state index contributed by atoms with van der Waals surface area (Å²) in [6.07, 6.45) is 2.92. The first-order valence-corrected chi connectivity index (χ1v) is 7.23. The van der Waals surface area contributed by atoms with Crippen LogP contribution in [0, 0.1) is 12.7 Å². The first-order valence-electron chi connectivity index (χ1n) is 7.23. The molecule has 0 fully saturated rings. The molecule has 3 N–H and O–H groups in total. The molecular weight excluding hydrogens is 295 g/mol. The molecule has 0 aliphatic heterocycles. The van der Waals surface area contributed by atoms with Gasteiger partial charge in [0, 0.05) is 12.2 Å². The van der Waals surface area contributed by atoms with Crippen LogP contribution in [0.4, 0.5) is 14.9 Å². The van der Waals surface area contributed by atoms with Crippen molar-refractivity contribution in [2.45, 2.75) is 13.5 Å². The average Bonchev–Trinajstić information content (AvgIpc) is 2.54. The van der Waals surface area contributed by atoms with Crippen molar-refractivity contribution < 1.29 is 13.9 Å². The molecule has 0 aliphatic rings. The molecule has 0 saturated carbocycles. The quantitative estimate of drug-likeness (QED) is 0.828. The van der Waals surface area contributed by atoms with E-state index in [1.165, 1.54) is 12.1 Å². The lowest BCUT2D eigenvalue weighted by atomic mass is 10.1. The molecule has 0 aromatic heterocycles. The molecule has 120 valence electrons. The Kier molecular flexibility index (Phi) is 5.74. The Balaban J connectivity index is 1.79. The van der Waals surface area contributed by atoms with Gasteiger partial charge >= 0.3 is 6.09 Å². The summed E-state index contributed by atoms with van der Waals surface area (Å²) in [5.74, 6) is -0.386. The standard InChI is InChI=1S/C18H19FN2O2/c1-13-15(10-16(19)11-17(13)20)8-5-9-21-18(22)23-12-14-6-3-2-4-7-14/h2-8,10-11H,9,12,20H2,1H3,(H,21,22). The monoisotopic (exact) mass is 314 g/mol. The van der Waals surface area contributed by atoms with Gasteiger partial charge in [-0.3, -0.25) is 0 Å². The first-order chi connectivity index (χ1) is 11.1. The molecule has 2 aromatic rings. The van der Waals surface area contributed by atoms with Crippen LogP contribution in [0.25, 0.3) is 6.08 Å². The third-order valence-electron chi connectivity index (χ3n) is 3.33. The van der Waals surface area contributed by atoms with Gasteiger partial charge < -0.3 is 15.8 Å². The highest BCUT2D eigenvalue weighted by molar-refractivity contribution is 5.68. The summed E-state index contributed by atoms with van der Waals surface area (Å²) >= 11 is 0. The number of carbonyl (C=O) groups is 1. The fraction of sp³-hybridized carbons (Fsp3) is 0.167. The SMILES string of the molecule is Cc1c(N)cc(F)cc1C=CCNC(=O)OCc1ccccc1. The van der Waals surface area contributed by atoms with Crippen LogP contribution in [0.3, 0.4) is 0 Å². The average molecular weight is 314 g/mol. The molecule has 4 nitrogen and oxygen atoms in total. The van der Waals surface area contributed by atoms with Crippen molar-refractivity contribution >= 4 is 17.9 Å². The number of hydrogen-bond donors (Lipinski definition) is 2. The van der Waals surface area contributed by atoms with Gasteiger partial charge in [-0.05, 0) is 35.7 Å². The Morgan fingerprint density at radius 1 is 1.30 bits per heavy atom. The minimum Gasteiger partial charge on any atom is -0.445 e. The van der Waals surface area contributed by atoms with Gasteiger partial charge in [-0.2, -0.15) is 0 Å². The number of halogens is 1. The normalized spacial score (nSPS) is 10.7. The van der Waals surface area contributed by atoms with E-state index >= 15 is 0 Å². The first kappa shape index (κ1) is 16.5. The highest BCUT2D eigenvalue weighted by atomic mass is 19.1. The van der Waals surface area contributed by atoms with Gasteiger partial charge in [0.15, 0.2) is 0 Å². The van der Waals surface area contributed by atoms with E-state index in [0.717, 1.165) is 11.1 Å². The molecule has 0 atom stereocenters. The van der Waals surface area contributed by atoms with E-state index in [0.29, 0.717) is 11.3 Å². The van der Waals surface area contributed by atoms with Crippen molar-refractivity contribution in [2.24, 2.45) is 0 Å². The molecule has 0 aliphatic carbocycles. The Morgan fingerprint density at radius 3 is 2.78 bits per heavy atom. The Labute approximate surface area is 134 Å². The molecule has 0 bridgehead atoms. The molecule has 0 spiro atoms. The lowest BCUT2D eigenvalue weighted by molar-refractivity contribution is 0.141.